The van der Waals surface area contributed by atoms with Crippen molar-refractivity contribution in [1.82, 2.24) is 15.0 Å². The number of benzene rings is 1. The summed E-state index contributed by atoms with van der Waals surface area (Å²) >= 11 is 1.45. The molecule has 3 aromatic heterocycles. The van der Waals surface area contributed by atoms with Crippen LogP contribution >= 0.6 is 11.3 Å². The second kappa shape index (κ2) is 9.75. The summed E-state index contributed by atoms with van der Waals surface area (Å²) < 4.78 is 0.763. The van der Waals surface area contributed by atoms with E-state index in [1.54, 1.807) is 6.20 Å². The van der Waals surface area contributed by atoms with Gasteiger partial charge in [0.15, 0.2) is 5.69 Å². The summed E-state index contributed by atoms with van der Waals surface area (Å²) in [6.07, 6.45) is 1.75. The molecule has 6 nitrogen and oxygen atoms in total. The Labute approximate surface area is 174 Å². The molecule has 0 radical (unpaired) electrons. The summed E-state index contributed by atoms with van der Waals surface area (Å²) in [5, 5.41) is 8.04. The maximum Gasteiger partial charge on any atom is 0.275 e. The minimum Gasteiger partial charge on any atom is -0.346 e. The van der Waals surface area contributed by atoms with Gasteiger partial charge >= 0.3 is 0 Å². The average molecular weight is 406 g/mol. The Kier molecular flexibility index (Phi) is 6.86. The maximum absolute atomic E-state index is 12.8. The summed E-state index contributed by atoms with van der Waals surface area (Å²) in [5.41, 5.74) is 2.70. The Balaban J connectivity index is 0.00000117. The third-order valence-corrected chi connectivity index (χ3v) is 4.94. The molecule has 4 rings (SSSR count). The molecular weight excluding hydrogens is 382 g/mol. The Bertz CT molecular complexity index is 1070. The maximum atomic E-state index is 12.8. The van der Waals surface area contributed by atoms with Gasteiger partial charge in [-0.15, -0.1) is 11.3 Å². The van der Waals surface area contributed by atoms with E-state index in [-0.39, 0.29) is 11.9 Å². The molecule has 0 aliphatic carbocycles. The zero-order valence-electron chi connectivity index (χ0n) is 16.6. The van der Waals surface area contributed by atoms with Crippen LogP contribution < -0.4 is 10.6 Å². The SMILES string of the molecule is CC.C[C@H](Nc1nc(C(=O)Nc2ccccc2)c2sccc2n1)c1ccccn1. The number of hydrogen-bond donors (Lipinski definition) is 2. The highest BCUT2D eigenvalue weighted by molar-refractivity contribution is 7.17. The number of rotatable bonds is 5. The molecule has 0 saturated heterocycles. The van der Waals surface area contributed by atoms with Crippen molar-refractivity contribution in [3.63, 3.8) is 0 Å². The quantitative estimate of drug-likeness (QED) is 0.456. The van der Waals surface area contributed by atoms with Gasteiger partial charge in [-0.1, -0.05) is 38.1 Å². The van der Waals surface area contributed by atoms with E-state index in [2.05, 4.69) is 25.6 Å². The highest BCUT2D eigenvalue weighted by Gasteiger charge is 2.18. The van der Waals surface area contributed by atoms with Crippen molar-refractivity contribution in [1.29, 1.82) is 0 Å². The van der Waals surface area contributed by atoms with Crippen LogP contribution in [0.5, 0.6) is 0 Å². The molecule has 1 aromatic carbocycles. The first-order chi connectivity index (χ1) is 14.2. The number of carbonyl (C=O) groups is 1. The van der Waals surface area contributed by atoms with Gasteiger partial charge in [-0.2, -0.15) is 0 Å². The molecule has 1 amide bonds. The van der Waals surface area contributed by atoms with E-state index in [1.165, 1.54) is 11.3 Å². The van der Waals surface area contributed by atoms with E-state index in [9.17, 15) is 4.79 Å². The Morgan fingerprint density at radius 2 is 1.76 bits per heavy atom. The summed E-state index contributed by atoms with van der Waals surface area (Å²) in [6.45, 7) is 5.98. The van der Waals surface area contributed by atoms with Gasteiger partial charge in [0.1, 0.15) is 0 Å². The first kappa shape index (κ1) is 20.4. The van der Waals surface area contributed by atoms with Crippen LogP contribution in [-0.4, -0.2) is 20.9 Å². The van der Waals surface area contributed by atoms with Gasteiger partial charge in [-0.25, -0.2) is 9.97 Å². The molecule has 2 N–H and O–H groups in total. The molecule has 4 aromatic rings. The van der Waals surface area contributed by atoms with Crippen molar-refractivity contribution in [3.8, 4) is 0 Å². The lowest BCUT2D eigenvalue weighted by Crippen LogP contribution is -2.17. The molecule has 0 saturated carbocycles. The van der Waals surface area contributed by atoms with E-state index >= 15 is 0 Å². The van der Waals surface area contributed by atoms with Gasteiger partial charge in [-0.05, 0) is 42.6 Å². The molecular formula is C22H23N5OS. The predicted molar refractivity (Wildman–Crippen MR) is 119 cm³/mol. The predicted octanol–water partition coefficient (Wildman–Crippen LogP) is 5.54. The highest BCUT2D eigenvalue weighted by atomic mass is 32.1. The number of anilines is 2. The van der Waals surface area contributed by atoms with Crippen LogP contribution in [0.1, 0.15) is 43.0 Å². The zero-order chi connectivity index (χ0) is 20.6. The van der Waals surface area contributed by atoms with Gasteiger partial charge < -0.3 is 10.6 Å². The smallest absolute Gasteiger partial charge is 0.275 e. The van der Waals surface area contributed by atoms with E-state index in [0.29, 0.717) is 11.6 Å². The third kappa shape index (κ3) is 4.94. The number of carbonyl (C=O) groups excluding carboxylic acids is 1. The van der Waals surface area contributed by atoms with Crippen molar-refractivity contribution in [2.45, 2.75) is 26.8 Å². The lowest BCUT2D eigenvalue weighted by Gasteiger charge is -2.14. The van der Waals surface area contributed by atoms with Crippen molar-refractivity contribution in [2.24, 2.45) is 0 Å². The van der Waals surface area contributed by atoms with Gasteiger partial charge in [0.05, 0.1) is 22.0 Å². The summed E-state index contributed by atoms with van der Waals surface area (Å²) in [4.78, 5) is 26.2. The summed E-state index contributed by atoms with van der Waals surface area (Å²) in [5.74, 6) is 0.141. The third-order valence-electron chi connectivity index (χ3n) is 4.03. The molecule has 1 atom stereocenters. The summed E-state index contributed by atoms with van der Waals surface area (Å²) in [7, 11) is 0. The zero-order valence-corrected chi connectivity index (χ0v) is 17.4. The van der Waals surface area contributed by atoms with Crippen molar-refractivity contribution >= 4 is 39.1 Å². The summed E-state index contributed by atoms with van der Waals surface area (Å²) in [6, 6.07) is 16.9. The second-order valence-electron chi connectivity index (χ2n) is 5.97. The van der Waals surface area contributed by atoms with Crippen LogP contribution in [0.3, 0.4) is 0 Å². The first-order valence-electron chi connectivity index (χ1n) is 9.50. The minimum atomic E-state index is -0.260. The lowest BCUT2D eigenvalue weighted by atomic mass is 10.2. The molecule has 148 valence electrons. The highest BCUT2D eigenvalue weighted by Crippen LogP contribution is 2.25. The van der Waals surface area contributed by atoms with Gasteiger partial charge in [-0.3, -0.25) is 9.78 Å². The van der Waals surface area contributed by atoms with E-state index < -0.39 is 0 Å². The number of hydrogen-bond acceptors (Lipinski definition) is 6. The topological polar surface area (TPSA) is 79.8 Å². The Morgan fingerprint density at radius 3 is 2.48 bits per heavy atom. The normalized spacial score (nSPS) is 11.3. The molecule has 3 heterocycles. The molecule has 0 bridgehead atoms. The lowest BCUT2D eigenvalue weighted by molar-refractivity contribution is 0.102. The Morgan fingerprint density at radius 1 is 1.00 bits per heavy atom. The molecule has 0 fully saturated rings. The fourth-order valence-electron chi connectivity index (χ4n) is 2.69. The molecule has 7 heteroatoms. The van der Waals surface area contributed by atoms with Crippen LogP contribution in [0.2, 0.25) is 0 Å². The number of thiophene rings is 1. The van der Waals surface area contributed by atoms with Crippen LogP contribution in [0.15, 0.2) is 66.2 Å². The van der Waals surface area contributed by atoms with Crippen molar-refractivity contribution in [2.75, 3.05) is 10.6 Å². The van der Waals surface area contributed by atoms with Crippen molar-refractivity contribution in [3.05, 3.63) is 77.6 Å². The number of para-hydroxylation sites is 1. The van der Waals surface area contributed by atoms with E-state index in [1.807, 2.05) is 80.7 Å². The second-order valence-corrected chi connectivity index (χ2v) is 6.89. The van der Waals surface area contributed by atoms with Gasteiger partial charge in [0.2, 0.25) is 5.95 Å². The monoisotopic (exact) mass is 405 g/mol. The molecule has 0 aliphatic rings. The number of aromatic nitrogens is 3. The Hall–Kier alpha value is -3.32. The minimum absolute atomic E-state index is 0.0904. The molecule has 0 unspecified atom stereocenters. The average Bonchev–Trinajstić information content (AvgIpc) is 3.24. The fraction of sp³-hybridized carbons (Fsp3) is 0.182. The van der Waals surface area contributed by atoms with Gasteiger partial charge in [0.25, 0.3) is 5.91 Å². The number of nitrogens with zero attached hydrogens (tertiary/aromatic N) is 3. The molecule has 29 heavy (non-hydrogen) atoms. The first-order valence-corrected chi connectivity index (χ1v) is 10.4. The standard InChI is InChI=1S/C20H17N5OS.C2H6/c1-13(15-9-5-6-11-21-15)22-20-24-16-10-12-27-18(16)17(25-20)19(26)23-14-7-3-2-4-8-14;1-2/h2-13H,1H3,(H,23,26)(H,22,24,25);1-2H3/t13-;/m0./s1. The largest absolute Gasteiger partial charge is 0.346 e. The number of pyridine rings is 1. The van der Waals surface area contributed by atoms with Crippen LogP contribution in [0, 0.1) is 0 Å². The van der Waals surface area contributed by atoms with E-state index in [0.717, 1.165) is 21.6 Å². The van der Waals surface area contributed by atoms with Crippen LogP contribution in [-0.2, 0) is 0 Å². The number of nitrogens with one attached hydrogen (secondary N) is 2. The number of fused-ring (bicyclic) bond motifs is 1. The molecule has 0 spiro atoms. The van der Waals surface area contributed by atoms with Gasteiger partial charge in [0, 0.05) is 11.9 Å². The van der Waals surface area contributed by atoms with Crippen molar-refractivity contribution < 1.29 is 4.79 Å². The van der Waals surface area contributed by atoms with Crippen LogP contribution in [0.25, 0.3) is 10.2 Å². The molecule has 0 aliphatic heterocycles. The fourth-order valence-corrected chi connectivity index (χ4v) is 3.51. The van der Waals surface area contributed by atoms with Crippen LogP contribution in [0.4, 0.5) is 11.6 Å². The number of amides is 1. The van der Waals surface area contributed by atoms with E-state index in [4.69, 9.17) is 0 Å².